The Balaban J connectivity index is 0.000000234. The van der Waals surface area contributed by atoms with Gasteiger partial charge in [0.05, 0.1) is 46.8 Å². The third-order valence-corrected chi connectivity index (χ3v) is 9.11. The van der Waals surface area contributed by atoms with E-state index in [-0.39, 0.29) is 0 Å². The van der Waals surface area contributed by atoms with Crippen LogP contribution in [0.25, 0.3) is 22.1 Å². The predicted molar refractivity (Wildman–Crippen MR) is 222 cm³/mol. The smallest absolute Gasteiger partial charge is 0.225 e. The Morgan fingerprint density at radius 2 is 1.02 bits per heavy atom. The molecule has 0 saturated carbocycles. The van der Waals surface area contributed by atoms with Gasteiger partial charge in [0.1, 0.15) is 39.6 Å². The van der Waals surface area contributed by atoms with Crippen molar-refractivity contribution in [2.75, 3.05) is 36.0 Å². The Kier molecular flexibility index (Phi) is 16.3. The number of nitriles is 2. The van der Waals surface area contributed by atoms with Gasteiger partial charge >= 0.3 is 0 Å². The molecule has 0 bridgehead atoms. The van der Waals surface area contributed by atoms with Crippen LogP contribution in [0.3, 0.4) is 0 Å². The quantitative estimate of drug-likeness (QED) is 0.0526. The largest absolute Gasteiger partial charge is 0.759 e. The van der Waals surface area contributed by atoms with Gasteiger partial charge in [0.25, 0.3) is 0 Å². The molecule has 0 radical (unpaired) electrons. The number of azo groups is 2. The van der Waals surface area contributed by atoms with E-state index < -0.39 is 10.4 Å². The van der Waals surface area contributed by atoms with Crippen molar-refractivity contribution in [1.29, 1.82) is 10.5 Å². The first-order valence-electron chi connectivity index (χ1n) is 18.1. The number of rotatable bonds is 12. The highest BCUT2D eigenvalue weighted by Crippen LogP contribution is 2.31. The highest BCUT2D eigenvalue weighted by molar-refractivity contribution is 7.79. The van der Waals surface area contributed by atoms with Crippen LogP contribution >= 0.6 is 23.2 Å². The maximum atomic E-state index is 8.77. The first-order chi connectivity index (χ1) is 28.1. The maximum absolute atomic E-state index is 8.77. The van der Waals surface area contributed by atoms with Crippen LogP contribution < -0.4 is 19.2 Å². The molecule has 4 aromatic carbocycles. The summed E-state index contributed by atoms with van der Waals surface area (Å²) in [5.41, 5.74) is 8.49. The molecule has 0 aliphatic rings. The van der Waals surface area contributed by atoms with Crippen molar-refractivity contribution in [2.24, 2.45) is 48.6 Å². The highest BCUT2D eigenvalue weighted by atomic mass is 35.5. The zero-order valence-electron chi connectivity index (χ0n) is 33.2. The van der Waals surface area contributed by atoms with Crippen LogP contribution in [-0.2, 0) is 38.6 Å². The number of hydrogen-bond acceptors (Lipinski definition) is 14. The van der Waals surface area contributed by atoms with Gasteiger partial charge < -0.3 is 18.9 Å². The average molecular weight is 862 g/mol. The second-order valence-electron chi connectivity index (χ2n) is 12.7. The molecule has 59 heavy (non-hydrogen) atoms. The zero-order valence-corrected chi connectivity index (χ0v) is 35.6. The minimum Gasteiger partial charge on any atom is -0.759 e. The number of fused-ring (bicyclic) bond motifs is 2. The fraction of sp³-hybridized carbons (Fsp3) is 0.316. The Labute approximate surface area is 352 Å². The summed E-state index contributed by atoms with van der Waals surface area (Å²) in [6.45, 7) is 7.27. The molecule has 0 atom stereocenters. The fourth-order valence-corrected chi connectivity index (χ4v) is 6.45. The van der Waals surface area contributed by atoms with Gasteiger partial charge in [-0.1, -0.05) is 23.2 Å². The lowest BCUT2D eigenvalue weighted by molar-refractivity contribution is -0.708. The molecule has 6 aromatic rings. The lowest BCUT2D eigenvalue weighted by atomic mass is 10.2. The Bertz CT molecular complexity index is 2460. The third kappa shape index (κ3) is 13.0. The second-order valence-corrected chi connectivity index (χ2v) is 14.4. The highest BCUT2D eigenvalue weighted by Gasteiger charge is 2.19. The number of anilines is 2. The molecule has 2 heterocycles. The molecule has 0 unspecified atom stereocenters. The van der Waals surface area contributed by atoms with E-state index >= 15 is 0 Å². The van der Waals surface area contributed by atoms with Gasteiger partial charge in [-0.25, -0.2) is 0 Å². The molecular weight excluding hydrogens is 819 g/mol. The number of nitrogens with zero attached hydrogens (tertiary/aromatic N) is 14. The minimum absolute atomic E-state index is 0.502. The molecular formula is C38H42Cl2N14O4S. The SMILES string of the molecule is CCN(CCC#N)c1ccc(N=Nc2cc(Cl)cc3c2[n+](C)nn3C)cc1.CCN(CCC#N)c1ccc(N=Nc2cc(Cl)cc3c2[n+](C)nn3C)cc1.O=S(=O)([O-])[O-]. The Morgan fingerprint density at radius 1 is 0.678 bits per heavy atom. The molecule has 0 aliphatic heterocycles. The van der Waals surface area contributed by atoms with E-state index in [9.17, 15) is 0 Å². The number of benzene rings is 4. The molecule has 308 valence electrons. The van der Waals surface area contributed by atoms with E-state index in [2.05, 4.69) is 66.7 Å². The van der Waals surface area contributed by atoms with Crippen molar-refractivity contribution < 1.29 is 26.9 Å². The summed E-state index contributed by atoms with van der Waals surface area (Å²) < 4.78 is 41.1. The molecule has 0 aliphatic carbocycles. The third-order valence-electron chi connectivity index (χ3n) is 8.68. The summed E-state index contributed by atoms with van der Waals surface area (Å²) in [7, 11) is 2.30. The lowest BCUT2D eigenvalue weighted by Gasteiger charge is -2.21. The van der Waals surface area contributed by atoms with Crippen LogP contribution in [0.5, 0.6) is 0 Å². The number of aromatic nitrogens is 6. The first kappa shape index (κ1) is 45.6. The van der Waals surface area contributed by atoms with Crippen molar-refractivity contribution in [2.45, 2.75) is 26.7 Å². The van der Waals surface area contributed by atoms with Gasteiger partial charge in [-0.05, 0) is 74.5 Å². The standard InChI is InChI=1S/2C19H21ClN7.H2O4S/c2*1-4-27(11-5-10-21)16-8-6-15(7-9-16)22-23-17-12-14(20)13-18-19(17)26(3)24-25(18)2;1-5(2,3)4/h2*6-9,12-13H,4-5,11H2,1-3H3;(H2,1,2,3,4)/q2*+1;/p-2. The molecule has 2 aromatic heterocycles. The summed E-state index contributed by atoms with van der Waals surface area (Å²) in [5.74, 6) is 0. The van der Waals surface area contributed by atoms with Gasteiger partial charge in [-0.3, -0.25) is 8.42 Å². The average Bonchev–Trinajstić information content (AvgIpc) is 3.65. The van der Waals surface area contributed by atoms with E-state index in [1.165, 1.54) is 0 Å². The molecule has 0 fully saturated rings. The number of halogens is 2. The van der Waals surface area contributed by atoms with Crippen LogP contribution in [0.4, 0.5) is 34.1 Å². The normalized spacial score (nSPS) is 11.3. The molecule has 6 rings (SSSR count). The molecule has 0 saturated heterocycles. The van der Waals surface area contributed by atoms with Crippen LogP contribution in [0.1, 0.15) is 26.7 Å². The summed E-state index contributed by atoms with van der Waals surface area (Å²) in [6, 6.07) is 27.3. The van der Waals surface area contributed by atoms with E-state index in [1.807, 2.05) is 88.9 Å². The molecule has 0 amide bonds. The van der Waals surface area contributed by atoms with Gasteiger partial charge in [0, 0.05) is 70.1 Å². The minimum atomic E-state index is -5.17. The summed E-state index contributed by atoms with van der Waals surface area (Å²) in [5, 5.41) is 44.9. The van der Waals surface area contributed by atoms with Crippen molar-refractivity contribution in [3.8, 4) is 12.1 Å². The summed E-state index contributed by atoms with van der Waals surface area (Å²) in [6.07, 6.45) is 1.00. The number of aryl methyl sites for hydroxylation is 4. The second kappa shape index (κ2) is 21.1. The lowest BCUT2D eigenvalue weighted by Crippen LogP contribution is -2.31. The Hall–Kier alpha value is -6.09. The topological polar surface area (TPSA) is 227 Å². The van der Waals surface area contributed by atoms with E-state index in [0.717, 1.165) is 57.9 Å². The molecule has 0 N–H and O–H groups in total. The number of hydrogen-bond donors (Lipinski definition) is 0. The van der Waals surface area contributed by atoms with Crippen LogP contribution in [0.2, 0.25) is 10.0 Å². The first-order valence-corrected chi connectivity index (χ1v) is 20.1. The van der Waals surface area contributed by atoms with Gasteiger partial charge in [0.2, 0.25) is 22.1 Å². The molecule has 18 nitrogen and oxygen atoms in total. The van der Waals surface area contributed by atoms with Crippen LogP contribution in [0, 0.1) is 22.7 Å². The monoisotopic (exact) mass is 860 g/mol. The summed E-state index contributed by atoms with van der Waals surface area (Å²) in [4.78, 5) is 4.31. The molecule has 0 spiro atoms. The maximum Gasteiger partial charge on any atom is 0.225 e. The van der Waals surface area contributed by atoms with Crippen LogP contribution in [0.15, 0.2) is 93.3 Å². The van der Waals surface area contributed by atoms with Crippen LogP contribution in [-0.4, -0.2) is 63.5 Å². The Morgan fingerprint density at radius 3 is 1.32 bits per heavy atom. The zero-order chi connectivity index (χ0) is 43.3. The van der Waals surface area contributed by atoms with Crippen molar-refractivity contribution in [3.63, 3.8) is 0 Å². The van der Waals surface area contributed by atoms with E-state index in [0.29, 0.717) is 47.4 Å². The van der Waals surface area contributed by atoms with Gasteiger partial charge in [0.15, 0.2) is 0 Å². The van der Waals surface area contributed by atoms with Gasteiger partial charge in [-0.15, -0.1) is 29.0 Å². The van der Waals surface area contributed by atoms with Crippen molar-refractivity contribution in [3.05, 3.63) is 82.8 Å². The van der Waals surface area contributed by atoms with Crippen molar-refractivity contribution >= 4 is 89.8 Å². The van der Waals surface area contributed by atoms with E-state index in [1.54, 1.807) is 30.9 Å². The summed E-state index contributed by atoms with van der Waals surface area (Å²) >= 11 is 12.4. The van der Waals surface area contributed by atoms with E-state index in [4.69, 9.17) is 51.2 Å². The molecule has 21 heteroatoms. The fourth-order valence-electron chi connectivity index (χ4n) is 6.03. The van der Waals surface area contributed by atoms with Crippen molar-refractivity contribution in [1.82, 2.24) is 19.8 Å². The van der Waals surface area contributed by atoms with Gasteiger partial charge in [-0.2, -0.15) is 20.8 Å². The predicted octanol–water partition coefficient (Wildman–Crippen LogP) is 7.08.